The maximum atomic E-state index is 12.9. The van der Waals surface area contributed by atoms with Crippen molar-refractivity contribution in [3.8, 4) is 16.3 Å². The van der Waals surface area contributed by atoms with Crippen molar-refractivity contribution in [1.82, 2.24) is 9.71 Å². The van der Waals surface area contributed by atoms with Crippen LogP contribution in [0.1, 0.15) is 13.8 Å². The average molecular weight is 495 g/mol. The van der Waals surface area contributed by atoms with E-state index in [0.717, 1.165) is 31.9 Å². The number of methoxy groups -OCH3 is 1. The molecule has 0 radical (unpaired) electrons. The minimum atomic E-state index is -3.87. The molecule has 5 rings (SSSR count). The van der Waals surface area contributed by atoms with Crippen molar-refractivity contribution in [3.63, 3.8) is 0 Å². The van der Waals surface area contributed by atoms with E-state index in [2.05, 4.69) is 4.72 Å². The first-order valence-corrected chi connectivity index (χ1v) is 13.0. The Kier molecular flexibility index (Phi) is 5.63. The quantitative estimate of drug-likeness (QED) is 0.305. The number of ether oxygens (including phenoxy) is 1. The normalized spacial score (nSPS) is 13.2. The third-order valence-corrected chi connectivity index (χ3v) is 8.28. The summed E-state index contributed by atoms with van der Waals surface area (Å²) >= 11 is 1.56. The highest BCUT2D eigenvalue weighted by Crippen LogP contribution is 2.36. The Balaban J connectivity index is 1.54. The number of furan rings is 1. The molecule has 2 aromatic heterocycles. The van der Waals surface area contributed by atoms with Crippen LogP contribution in [0.2, 0.25) is 0 Å². The van der Waals surface area contributed by atoms with Gasteiger partial charge in [-0.2, -0.15) is 0 Å². The minimum Gasteiger partial charge on any atom is -0.497 e. The largest absolute Gasteiger partial charge is 0.497 e. The summed E-state index contributed by atoms with van der Waals surface area (Å²) in [6.45, 7) is 3.57. The molecule has 5 aromatic rings. The molecule has 0 aliphatic rings. The fraction of sp³-hybridized carbons (Fsp3) is 0.200. The number of hydrogen-bond acceptors (Lipinski definition) is 7. The number of thiazole rings is 1. The maximum absolute atomic E-state index is 12.9. The van der Waals surface area contributed by atoms with Crippen LogP contribution < -0.4 is 9.46 Å². The SMILES string of the molecule is COc1ccc2nc(-c3ccc4c(c3)oc3ccc(S(=O)(=O)N[C@@H](C=O)C(C)C)cc34)sc2c1. The number of nitrogens with one attached hydrogen (secondary N) is 1. The molecule has 0 fully saturated rings. The van der Waals surface area contributed by atoms with E-state index in [0.29, 0.717) is 22.8 Å². The van der Waals surface area contributed by atoms with Gasteiger partial charge in [0.15, 0.2) is 0 Å². The van der Waals surface area contributed by atoms with Crippen LogP contribution in [0, 0.1) is 5.92 Å². The van der Waals surface area contributed by atoms with Gasteiger partial charge in [0.2, 0.25) is 10.0 Å². The van der Waals surface area contributed by atoms with E-state index in [1.165, 1.54) is 6.07 Å². The van der Waals surface area contributed by atoms with Gasteiger partial charge in [-0.15, -0.1) is 11.3 Å². The number of benzene rings is 3. The summed E-state index contributed by atoms with van der Waals surface area (Å²) in [4.78, 5) is 16.1. The Morgan fingerprint density at radius 1 is 1.03 bits per heavy atom. The van der Waals surface area contributed by atoms with Crippen LogP contribution in [0.25, 0.3) is 42.7 Å². The summed E-state index contributed by atoms with van der Waals surface area (Å²) in [6, 6.07) is 15.5. The van der Waals surface area contributed by atoms with E-state index >= 15 is 0 Å². The first kappa shape index (κ1) is 22.5. The van der Waals surface area contributed by atoms with E-state index in [9.17, 15) is 13.2 Å². The Morgan fingerprint density at radius 3 is 2.59 bits per heavy atom. The van der Waals surface area contributed by atoms with Crippen LogP contribution in [0.3, 0.4) is 0 Å². The second kappa shape index (κ2) is 8.50. The fourth-order valence-electron chi connectivity index (χ4n) is 3.78. The molecule has 174 valence electrons. The lowest BCUT2D eigenvalue weighted by Gasteiger charge is -2.16. The molecule has 9 heteroatoms. The molecule has 0 aliphatic carbocycles. The van der Waals surface area contributed by atoms with Gasteiger partial charge < -0.3 is 13.9 Å². The fourth-order valence-corrected chi connectivity index (χ4v) is 6.11. The molecular formula is C25H22N2O5S2. The van der Waals surface area contributed by atoms with Crippen molar-refractivity contribution in [1.29, 1.82) is 0 Å². The highest BCUT2D eigenvalue weighted by atomic mass is 32.2. The highest BCUT2D eigenvalue weighted by Gasteiger charge is 2.23. The Hall–Kier alpha value is -3.27. The van der Waals surface area contributed by atoms with Gasteiger partial charge in [-0.25, -0.2) is 18.1 Å². The second-order valence-electron chi connectivity index (χ2n) is 8.35. The van der Waals surface area contributed by atoms with Crippen molar-refractivity contribution in [2.45, 2.75) is 24.8 Å². The number of aromatic nitrogens is 1. The number of sulfonamides is 1. The lowest BCUT2D eigenvalue weighted by Crippen LogP contribution is -2.39. The van der Waals surface area contributed by atoms with E-state index in [1.807, 2.05) is 36.4 Å². The predicted octanol–water partition coefficient (Wildman–Crippen LogP) is 5.37. The van der Waals surface area contributed by atoms with Crippen molar-refractivity contribution in [2.75, 3.05) is 7.11 Å². The molecule has 0 aliphatic heterocycles. The summed E-state index contributed by atoms with van der Waals surface area (Å²) in [7, 11) is -2.23. The van der Waals surface area contributed by atoms with Crippen molar-refractivity contribution in [3.05, 3.63) is 54.6 Å². The molecule has 2 heterocycles. The first-order chi connectivity index (χ1) is 16.3. The van der Waals surface area contributed by atoms with E-state index < -0.39 is 16.1 Å². The number of fused-ring (bicyclic) bond motifs is 4. The third kappa shape index (κ3) is 3.96. The molecule has 1 atom stereocenters. The Labute approximate surface area is 200 Å². The van der Waals surface area contributed by atoms with E-state index in [1.54, 1.807) is 44.4 Å². The smallest absolute Gasteiger partial charge is 0.241 e. The number of aldehydes is 1. The maximum Gasteiger partial charge on any atom is 0.241 e. The molecular weight excluding hydrogens is 472 g/mol. The highest BCUT2D eigenvalue weighted by molar-refractivity contribution is 7.89. The molecule has 0 spiro atoms. The second-order valence-corrected chi connectivity index (χ2v) is 11.1. The molecule has 7 nitrogen and oxygen atoms in total. The van der Waals surface area contributed by atoms with Gasteiger partial charge in [-0.05, 0) is 54.4 Å². The summed E-state index contributed by atoms with van der Waals surface area (Å²) in [6.07, 6.45) is 0.619. The topological polar surface area (TPSA) is 98.5 Å². The molecule has 0 saturated carbocycles. The van der Waals surface area contributed by atoms with E-state index in [4.69, 9.17) is 14.1 Å². The lowest BCUT2D eigenvalue weighted by atomic mass is 10.1. The predicted molar refractivity (Wildman–Crippen MR) is 134 cm³/mol. The zero-order valence-electron chi connectivity index (χ0n) is 18.7. The van der Waals surface area contributed by atoms with Crippen LogP contribution in [-0.4, -0.2) is 32.8 Å². The molecule has 0 amide bonds. The van der Waals surface area contributed by atoms with Gasteiger partial charge in [-0.3, -0.25) is 0 Å². The van der Waals surface area contributed by atoms with Crippen LogP contribution in [0.5, 0.6) is 5.75 Å². The van der Waals surface area contributed by atoms with Crippen LogP contribution in [-0.2, 0) is 14.8 Å². The van der Waals surface area contributed by atoms with Gasteiger partial charge in [0, 0.05) is 16.3 Å². The Bertz CT molecular complexity index is 1650. The summed E-state index contributed by atoms with van der Waals surface area (Å²) in [5, 5.41) is 2.34. The molecule has 3 aromatic carbocycles. The summed E-state index contributed by atoms with van der Waals surface area (Å²) in [5.41, 5.74) is 3.02. The zero-order chi connectivity index (χ0) is 24.0. The van der Waals surface area contributed by atoms with Gasteiger partial charge in [0.1, 0.15) is 28.2 Å². The van der Waals surface area contributed by atoms with Crippen LogP contribution in [0.15, 0.2) is 63.9 Å². The van der Waals surface area contributed by atoms with Crippen molar-refractivity contribution < 1.29 is 22.4 Å². The first-order valence-electron chi connectivity index (χ1n) is 10.7. The minimum absolute atomic E-state index is 0.0828. The number of hydrogen-bond donors (Lipinski definition) is 1. The number of rotatable bonds is 7. The monoisotopic (exact) mass is 494 g/mol. The van der Waals surface area contributed by atoms with Crippen LogP contribution >= 0.6 is 11.3 Å². The van der Waals surface area contributed by atoms with E-state index in [-0.39, 0.29) is 10.8 Å². The number of carbonyl (C=O) groups excluding carboxylic acids is 1. The summed E-state index contributed by atoms with van der Waals surface area (Å²) in [5.74, 6) is 0.622. The van der Waals surface area contributed by atoms with Gasteiger partial charge in [0.05, 0.1) is 28.3 Å². The molecule has 0 saturated heterocycles. The standard InChI is InChI=1S/C25H22N2O5S2/c1-14(2)21(13-28)27-34(29,30)17-6-9-22-19(12-17)18-7-4-15(10-23(18)32-22)25-26-20-8-5-16(31-3)11-24(20)33-25/h4-14,21,27H,1-3H3/t21-/m0/s1. The third-order valence-electron chi connectivity index (χ3n) is 5.75. The van der Waals surface area contributed by atoms with Crippen LogP contribution in [0.4, 0.5) is 0 Å². The molecule has 0 bridgehead atoms. The van der Waals surface area contributed by atoms with Crippen molar-refractivity contribution >= 4 is 59.8 Å². The lowest BCUT2D eigenvalue weighted by molar-refractivity contribution is -0.110. The zero-order valence-corrected chi connectivity index (χ0v) is 20.4. The van der Waals surface area contributed by atoms with Crippen molar-refractivity contribution in [2.24, 2.45) is 5.92 Å². The van der Waals surface area contributed by atoms with Gasteiger partial charge >= 0.3 is 0 Å². The van der Waals surface area contributed by atoms with Gasteiger partial charge in [-0.1, -0.05) is 19.9 Å². The summed E-state index contributed by atoms with van der Waals surface area (Å²) < 4.78 is 40.5. The van der Waals surface area contributed by atoms with Gasteiger partial charge in [0.25, 0.3) is 0 Å². The molecule has 0 unspecified atom stereocenters. The average Bonchev–Trinajstić information content (AvgIpc) is 3.42. The molecule has 34 heavy (non-hydrogen) atoms. The number of nitrogens with zero attached hydrogens (tertiary/aromatic N) is 1. The molecule has 1 N–H and O–H groups in total. The Morgan fingerprint density at radius 2 is 1.85 bits per heavy atom. The number of carbonyl (C=O) groups is 1.